The van der Waals surface area contributed by atoms with E-state index in [0.717, 1.165) is 28.0 Å². The fourth-order valence-corrected chi connectivity index (χ4v) is 4.44. The van der Waals surface area contributed by atoms with Crippen molar-refractivity contribution >= 4 is 33.9 Å². The molecule has 7 heteroatoms. The molecule has 2 aromatic carbocycles. The highest BCUT2D eigenvalue weighted by atomic mass is 32.2. The predicted octanol–water partition coefficient (Wildman–Crippen LogP) is 4.27. The number of carbonyl (C=O) groups excluding carboxylic acids is 1. The van der Waals surface area contributed by atoms with Gasteiger partial charge in [0.2, 0.25) is 0 Å². The fourth-order valence-electron chi connectivity index (χ4n) is 2.43. The summed E-state index contributed by atoms with van der Waals surface area (Å²) in [6.45, 7) is 1.36. The number of thioether (sulfide) groups is 2. The number of ether oxygens (including phenoxy) is 3. The molecule has 27 heavy (non-hydrogen) atoms. The second-order valence-electron chi connectivity index (χ2n) is 5.60. The highest BCUT2D eigenvalue weighted by molar-refractivity contribution is 8.38. The van der Waals surface area contributed by atoms with Crippen LogP contribution in [0.2, 0.25) is 0 Å². The highest BCUT2D eigenvalue weighted by Crippen LogP contribution is 2.26. The lowest BCUT2D eigenvalue weighted by Crippen LogP contribution is -2.13. The minimum absolute atomic E-state index is 0.189. The Bertz CT molecular complexity index is 793. The minimum Gasteiger partial charge on any atom is -0.497 e. The summed E-state index contributed by atoms with van der Waals surface area (Å²) < 4.78 is 17.1. The topological polar surface area (TPSA) is 57.1 Å². The fraction of sp³-hybridized carbons (Fsp3) is 0.300. The van der Waals surface area contributed by atoms with Gasteiger partial charge in [-0.1, -0.05) is 41.7 Å². The number of nitrogens with zero attached hydrogens (tertiary/aromatic N) is 1. The van der Waals surface area contributed by atoms with E-state index < -0.39 is 0 Å². The first-order valence-electron chi connectivity index (χ1n) is 8.58. The third-order valence-electron chi connectivity index (χ3n) is 3.79. The number of benzene rings is 2. The van der Waals surface area contributed by atoms with Crippen LogP contribution in [0.4, 0.5) is 0 Å². The SMILES string of the molecule is COc1ccc(OCCOC(=O)c2ccccc2CSC2=NCCS2)cc1. The van der Waals surface area contributed by atoms with E-state index in [1.54, 1.807) is 36.7 Å². The Morgan fingerprint density at radius 2 is 1.89 bits per heavy atom. The predicted molar refractivity (Wildman–Crippen MR) is 111 cm³/mol. The van der Waals surface area contributed by atoms with Gasteiger partial charge in [-0.25, -0.2) is 4.79 Å². The Labute approximate surface area is 167 Å². The summed E-state index contributed by atoms with van der Waals surface area (Å²) in [6, 6.07) is 14.8. The van der Waals surface area contributed by atoms with Gasteiger partial charge in [0, 0.05) is 11.5 Å². The molecule has 1 heterocycles. The largest absolute Gasteiger partial charge is 0.497 e. The van der Waals surface area contributed by atoms with Gasteiger partial charge in [0.1, 0.15) is 29.1 Å². The van der Waals surface area contributed by atoms with Crippen LogP contribution in [0.25, 0.3) is 0 Å². The van der Waals surface area contributed by atoms with Crippen LogP contribution in [-0.4, -0.2) is 43.0 Å². The van der Waals surface area contributed by atoms with E-state index in [-0.39, 0.29) is 12.6 Å². The van der Waals surface area contributed by atoms with Crippen molar-refractivity contribution in [2.75, 3.05) is 32.6 Å². The average molecular weight is 404 g/mol. The first kappa shape index (κ1) is 19.6. The molecule has 3 rings (SSSR count). The van der Waals surface area contributed by atoms with Crippen molar-refractivity contribution in [3.05, 3.63) is 59.7 Å². The Kier molecular flexibility index (Phi) is 7.47. The third-order valence-corrected chi connectivity index (χ3v) is 6.09. The first-order valence-corrected chi connectivity index (χ1v) is 10.6. The van der Waals surface area contributed by atoms with Crippen molar-refractivity contribution in [2.45, 2.75) is 5.75 Å². The Morgan fingerprint density at radius 3 is 2.63 bits per heavy atom. The molecule has 0 amide bonds. The van der Waals surface area contributed by atoms with Crippen molar-refractivity contribution in [3.8, 4) is 11.5 Å². The number of carbonyl (C=O) groups is 1. The van der Waals surface area contributed by atoms with Gasteiger partial charge in [-0.15, -0.1) is 0 Å². The lowest BCUT2D eigenvalue weighted by Gasteiger charge is -2.10. The van der Waals surface area contributed by atoms with Crippen LogP contribution in [0.5, 0.6) is 11.5 Å². The summed E-state index contributed by atoms with van der Waals surface area (Å²) in [5.74, 6) is 2.90. The summed E-state index contributed by atoms with van der Waals surface area (Å²) in [4.78, 5) is 16.8. The molecule has 0 unspecified atom stereocenters. The van der Waals surface area contributed by atoms with Gasteiger partial charge < -0.3 is 14.2 Å². The quantitative estimate of drug-likeness (QED) is 0.485. The summed E-state index contributed by atoms with van der Waals surface area (Å²) in [5, 5.41) is 0. The lowest BCUT2D eigenvalue weighted by atomic mass is 10.1. The smallest absolute Gasteiger partial charge is 0.338 e. The molecule has 0 saturated heterocycles. The van der Waals surface area contributed by atoms with Crippen molar-refractivity contribution < 1.29 is 19.0 Å². The third kappa shape index (κ3) is 5.94. The zero-order valence-electron chi connectivity index (χ0n) is 15.1. The highest BCUT2D eigenvalue weighted by Gasteiger charge is 2.14. The maximum atomic E-state index is 12.4. The van der Waals surface area contributed by atoms with Gasteiger partial charge in [-0.3, -0.25) is 4.99 Å². The van der Waals surface area contributed by atoms with Gasteiger partial charge >= 0.3 is 5.97 Å². The molecule has 0 fully saturated rings. The second kappa shape index (κ2) is 10.3. The first-order chi connectivity index (χ1) is 13.3. The van der Waals surface area contributed by atoms with E-state index in [2.05, 4.69) is 4.99 Å². The molecule has 0 aliphatic carbocycles. The number of rotatable bonds is 8. The van der Waals surface area contributed by atoms with Crippen LogP contribution in [0.1, 0.15) is 15.9 Å². The van der Waals surface area contributed by atoms with E-state index in [0.29, 0.717) is 23.7 Å². The summed E-state index contributed by atoms with van der Waals surface area (Å²) in [6.07, 6.45) is 0. The van der Waals surface area contributed by atoms with E-state index in [1.165, 1.54) is 0 Å². The maximum Gasteiger partial charge on any atom is 0.338 e. The van der Waals surface area contributed by atoms with Crippen molar-refractivity contribution in [3.63, 3.8) is 0 Å². The average Bonchev–Trinajstić information content (AvgIpc) is 3.24. The zero-order valence-corrected chi connectivity index (χ0v) is 16.7. The van der Waals surface area contributed by atoms with Crippen LogP contribution in [0.15, 0.2) is 53.5 Å². The van der Waals surface area contributed by atoms with E-state index >= 15 is 0 Å². The molecular weight excluding hydrogens is 382 g/mol. The molecule has 142 valence electrons. The number of methoxy groups -OCH3 is 1. The number of esters is 1. The summed E-state index contributed by atoms with van der Waals surface area (Å²) >= 11 is 3.43. The van der Waals surface area contributed by atoms with Gasteiger partial charge in [-0.05, 0) is 35.9 Å². The van der Waals surface area contributed by atoms with Crippen molar-refractivity contribution in [1.29, 1.82) is 0 Å². The molecule has 1 aliphatic heterocycles. The summed E-state index contributed by atoms with van der Waals surface area (Å²) in [7, 11) is 1.62. The van der Waals surface area contributed by atoms with Crippen LogP contribution in [0.3, 0.4) is 0 Å². The van der Waals surface area contributed by atoms with Crippen LogP contribution < -0.4 is 9.47 Å². The monoisotopic (exact) mass is 403 g/mol. The molecule has 0 spiro atoms. The zero-order chi connectivity index (χ0) is 18.9. The Balaban J connectivity index is 1.47. The number of aliphatic imine (C=N–C) groups is 1. The van der Waals surface area contributed by atoms with Gasteiger partial charge in [0.05, 0.1) is 19.2 Å². The molecule has 1 aliphatic rings. The number of hydrogen-bond donors (Lipinski definition) is 0. The molecule has 0 atom stereocenters. The molecule has 2 aromatic rings. The number of hydrogen-bond acceptors (Lipinski definition) is 7. The molecule has 0 N–H and O–H groups in total. The molecule has 0 bridgehead atoms. The van der Waals surface area contributed by atoms with E-state index in [1.807, 2.05) is 42.5 Å². The molecular formula is C20H21NO4S2. The van der Waals surface area contributed by atoms with Gasteiger partial charge in [-0.2, -0.15) is 0 Å². The minimum atomic E-state index is -0.328. The second-order valence-corrected chi connectivity index (χ2v) is 7.91. The normalized spacial score (nSPS) is 13.1. The van der Waals surface area contributed by atoms with Crippen molar-refractivity contribution in [2.24, 2.45) is 4.99 Å². The molecule has 5 nitrogen and oxygen atoms in total. The molecule has 0 aromatic heterocycles. The van der Waals surface area contributed by atoms with Crippen LogP contribution in [-0.2, 0) is 10.5 Å². The lowest BCUT2D eigenvalue weighted by molar-refractivity contribution is 0.0449. The van der Waals surface area contributed by atoms with Crippen LogP contribution in [0, 0.1) is 0 Å². The standard InChI is InChI=1S/C20H21NO4S2/c1-23-16-6-8-17(9-7-16)24-11-12-25-19(22)18-5-3-2-4-15(18)14-27-20-21-10-13-26-20/h2-9H,10-14H2,1H3. The van der Waals surface area contributed by atoms with Crippen LogP contribution >= 0.6 is 23.5 Å². The molecule has 0 radical (unpaired) electrons. The summed E-state index contributed by atoms with van der Waals surface area (Å²) in [5.41, 5.74) is 1.55. The van der Waals surface area contributed by atoms with Gasteiger partial charge in [0.25, 0.3) is 0 Å². The Hall–Kier alpha value is -2.12. The van der Waals surface area contributed by atoms with E-state index in [9.17, 15) is 4.79 Å². The Morgan fingerprint density at radius 1 is 1.11 bits per heavy atom. The molecule has 0 saturated carbocycles. The maximum absolute atomic E-state index is 12.4. The van der Waals surface area contributed by atoms with E-state index in [4.69, 9.17) is 14.2 Å². The van der Waals surface area contributed by atoms with Gasteiger partial charge in [0.15, 0.2) is 0 Å². The van der Waals surface area contributed by atoms with Crippen molar-refractivity contribution in [1.82, 2.24) is 0 Å².